The molecule has 0 fully saturated rings. The molecule has 0 aliphatic heterocycles. The molecule has 2 rings (SSSR count). The van der Waals surface area contributed by atoms with Crippen LogP contribution < -0.4 is 5.32 Å². The predicted molar refractivity (Wildman–Crippen MR) is 74.3 cm³/mol. The fourth-order valence-corrected chi connectivity index (χ4v) is 2.67. The second kappa shape index (κ2) is 6.03. The van der Waals surface area contributed by atoms with E-state index < -0.39 is 6.09 Å². The van der Waals surface area contributed by atoms with Gasteiger partial charge in [-0.2, -0.15) is 5.26 Å². The number of hydrogen-bond donors (Lipinski definition) is 1. The van der Waals surface area contributed by atoms with Crippen LogP contribution in [-0.2, 0) is 11.2 Å². The molecule has 0 radical (unpaired) electrons. The number of carbonyl (C=O) groups excluding carboxylic acids is 1. The van der Waals surface area contributed by atoms with E-state index in [1.54, 1.807) is 6.07 Å². The van der Waals surface area contributed by atoms with E-state index in [1.165, 1.54) is 18.4 Å². The quantitative estimate of drug-likeness (QED) is 0.931. The van der Waals surface area contributed by atoms with Gasteiger partial charge in [0.15, 0.2) is 0 Å². The second-order valence-corrected chi connectivity index (χ2v) is 4.98. The van der Waals surface area contributed by atoms with Crippen molar-refractivity contribution in [2.45, 2.75) is 6.42 Å². The Morgan fingerprint density at radius 3 is 2.79 bits per heavy atom. The first-order chi connectivity index (χ1) is 9.22. The molecule has 1 aromatic carbocycles. The van der Waals surface area contributed by atoms with Crippen molar-refractivity contribution in [1.82, 2.24) is 0 Å². The zero-order valence-corrected chi connectivity index (χ0v) is 11.2. The molecule has 1 aromatic heterocycles. The lowest BCUT2D eigenvalue weighted by Gasteiger charge is -2.00. The number of nitrogens with one attached hydrogen (secondary N) is 1. The van der Waals surface area contributed by atoms with E-state index in [0.29, 0.717) is 10.6 Å². The summed E-state index contributed by atoms with van der Waals surface area (Å²) in [6.07, 6.45) is 0.174. The largest absolute Gasteiger partial charge is 0.453 e. The molecule has 96 valence electrons. The number of ether oxygens (including phenoxy) is 1. The van der Waals surface area contributed by atoms with E-state index in [9.17, 15) is 4.79 Å². The molecule has 5 heteroatoms. The van der Waals surface area contributed by atoms with E-state index in [1.807, 2.05) is 30.3 Å². The number of anilines is 1. The van der Waals surface area contributed by atoms with Crippen LogP contribution >= 0.6 is 11.3 Å². The minimum atomic E-state index is -0.565. The molecular formula is C14H12N2O2S. The summed E-state index contributed by atoms with van der Waals surface area (Å²) < 4.78 is 4.53. The van der Waals surface area contributed by atoms with Crippen molar-refractivity contribution in [3.8, 4) is 6.07 Å². The Labute approximate surface area is 115 Å². The highest BCUT2D eigenvalue weighted by atomic mass is 32.1. The first-order valence-electron chi connectivity index (χ1n) is 5.64. The van der Waals surface area contributed by atoms with Gasteiger partial charge in [-0.3, -0.25) is 5.32 Å². The molecule has 1 amide bonds. The number of methoxy groups -OCH3 is 1. The monoisotopic (exact) mass is 272 g/mol. The predicted octanol–water partition coefficient (Wildman–Crippen LogP) is 3.39. The topological polar surface area (TPSA) is 62.1 Å². The molecular weight excluding hydrogens is 260 g/mol. The summed E-state index contributed by atoms with van der Waals surface area (Å²) in [6.45, 7) is 0. The third-order valence-corrected chi connectivity index (χ3v) is 3.58. The molecule has 19 heavy (non-hydrogen) atoms. The van der Waals surface area contributed by atoms with Crippen molar-refractivity contribution < 1.29 is 9.53 Å². The van der Waals surface area contributed by atoms with Crippen LogP contribution in [0.25, 0.3) is 0 Å². The summed E-state index contributed by atoms with van der Waals surface area (Å²) in [4.78, 5) is 12.2. The van der Waals surface area contributed by atoms with Crippen LogP contribution in [0.5, 0.6) is 0 Å². The molecule has 0 atom stereocenters. The Hall–Kier alpha value is -2.32. The van der Waals surface area contributed by atoms with Crippen molar-refractivity contribution >= 4 is 22.4 Å². The number of nitriles is 1. The number of carbonyl (C=O) groups is 1. The van der Waals surface area contributed by atoms with Gasteiger partial charge < -0.3 is 4.74 Å². The normalized spacial score (nSPS) is 9.68. The van der Waals surface area contributed by atoms with Crippen LogP contribution in [0.3, 0.4) is 0 Å². The number of thiophene rings is 1. The number of amides is 1. The van der Waals surface area contributed by atoms with E-state index in [0.717, 1.165) is 16.9 Å². The van der Waals surface area contributed by atoms with Gasteiger partial charge in [0.25, 0.3) is 0 Å². The SMILES string of the molecule is COC(=O)Nc1sc(Cc2ccccc2)cc1C#N. The average Bonchev–Trinajstić information content (AvgIpc) is 2.81. The van der Waals surface area contributed by atoms with E-state index in [-0.39, 0.29) is 0 Å². The van der Waals surface area contributed by atoms with Gasteiger partial charge in [-0.15, -0.1) is 11.3 Å². The minimum Gasteiger partial charge on any atom is -0.453 e. The van der Waals surface area contributed by atoms with Crippen LogP contribution in [0.15, 0.2) is 36.4 Å². The third-order valence-electron chi connectivity index (χ3n) is 2.53. The average molecular weight is 272 g/mol. The van der Waals surface area contributed by atoms with Gasteiger partial charge >= 0.3 is 6.09 Å². The van der Waals surface area contributed by atoms with Crippen molar-refractivity contribution in [2.24, 2.45) is 0 Å². The molecule has 0 bridgehead atoms. The molecule has 0 aliphatic carbocycles. The number of rotatable bonds is 3. The second-order valence-electron chi connectivity index (χ2n) is 3.85. The minimum absolute atomic E-state index is 0.460. The van der Waals surface area contributed by atoms with Gasteiger partial charge in [0, 0.05) is 11.3 Å². The zero-order chi connectivity index (χ0) is 13.7. The highest BCUT2D eigenvalue weighted by Crippen LogP contribution is 2.29. The summed E-state index contributed by atoms with van der Waals surface area (Å²) in [6, 6.07) is 13.8. The van der Waals surface area contributed by atoms with Crippen LogP contribution in [0.2, 0.25) is 0 Å². The van der Waals surface area contributed by atoms with E-state index in [2.05, 4.69) is 16.1 Å². The summed E-state index contributed by atoms with van der Waals surface area (Å²) in [5, 5.41) is 12.1. The maximum atomic E-state index is 11.2. The third kappa shape index (κ3) is 3.33. The van der Waals surface area contributed by atoms with Crippen molar-refractivity contribution in [3.05, 3.63) is 52.4 Å². The van der Waals surface area contributed by atoms with E-state index >= 15 is 0 Å². The van der Waals surface area contributed by atoms with Crippen LogP contribution in [0.4, 0.5) is 9.80 Å². The first kappa shape index (κ1) is 13.1. The Kier molecular flexibility index (Phi) is 4.16. The first-order valence-corrected chi connectivity index (χ1v) is 6.46. The van der Waals surface area contributed by atoms with Crippen molar-refractivity contribution in [3.63, 3.8) is 0 Å². The van der Waals surface area contributed by atoms with E-state index in [4.69, 9.17) is 5.26 Å². The molecule has 0 aliphatic rings. The Bertz CT molecular complexity index is 614. The van der Waals surface area contributed by atoms with Crippen LogP contribution in [-0.4, -0.2) is 13.2 Å². The number of hydrogen-bond acceptors (Lipinski definition) is 4. The van der Waals surface area contributed by atoms with Crippen LogP contribution in [0.1, 0.15) is 16.0 Å². The lowest BCUT2D eigenvalue weighted by Crippen LogP contribution is -2.10. The molecule has 1 heterocycles. The number of nitrogens with zero attached hydrogens (tertiary/aromatic N) is 1. The lowest BCUT2D eigenvalue weighted by atomic mass is 10.1. The molecule has 0 spiro atoms. The Balaban J connectivity index is 2.19. The highest BCUT2D eigenvalue weighted by Gasteiger charge is 2.12. The van der Waals surface area contributed by atoms with Gasteiger partial charge in [-0.05, 0) is 11.6 Å². The van der Waals surface area contributed by atoms with Crippen molar-refractivity contribution in [1.29, 1.82) is 5.26 Å². The zero-order valence-electron chi connectivity index (χ0n) is 10.3. The standard InChI is InChI=1S/C14H12N2O2S/c1-18-14(17)16-13-11(9-15)8-12(19-13)7-10-5-3-2-4-6-10/h2-6,8H,7H2,1H3,(H,16,17). The summed E-state index contributed by atoms with van der Waals surface area (Å²) in [7, 11) is 1.29. The van der Waals surface area contributed by atoms with Gasteiger partial charge in [-0.1, -0.05) is 30.3 Å². The molecule has 1 N–H and O–H groups in total. The fraction of sp³-hybridized carbons (Fsp3) is 0.143. The summed E-state index contributed by atoms with van der Waals surface area (Å²) in [5.74, 6) is 0. The maximum Gasteiger partial charge on any atom is 0.411 e. The molecule has 0 unspecified atom stereocenters. The Morgan fingerprint density at radius 1 is 1.42 bits per heavy atom. The molecule has 0 saturated heterocycles. The summed E-state index contributed by atoms with van der Waals surface area (Å²) in [5.41, 5.74) is 1.62. The van der Waals surface area contributed by atoms with Crippen LogP contribution in [0, 0.1) is 11.3 Å². The smallest absolute Gasteiger partial charge is 0.411 e. The molecule has 0 saturated carbocycles. The molecule has 2 aromatic rings. The van der Waals surface area contributed by atoms with Crippen molar-refractivity contribution in [2.75, 3.05) is 12.4 Å². The van der Waals surface area contributed by atoms with Gasteiger partial charge in [0.1, 0.15) is 11.1 Å². The van der Waals surface area contributed by atoms with Gasteiger partial charge in [-0.25, -0.2) is 4.79 Å². The fourth-order valence-electron chi connectivity index (χ4n) is 1.65. The molecule has 4 nitrogen and oxygen atoms in total. The number of benzene rings is 1. The summed E-state index contributed by atoms with van der Waals surface area (Å²) >= 11 is 1.39. The maximum absolute atomic E-state index is 11.2. The lowest BCUT2D eigenvalue weighted by molar-refractivity contribution is 0.187. The van der Waals surface area contributed by atoms with Gasteiger partial charge in [0.2, 0.25) is 0 Å². The Morgan fingerprint density at radius 2 is 2.16 bits per heavy atom. The van der Waals surface area contributed by atoms with Gasteiger partial charge in [0.05, 0.1) is 12.7 Å². The highest BCUT2D eigenvalue weighted by molar-refractivity contribution is 7.16.